The van der Waals surface area contributed by atoms with Crippen molar-refractivity contribution in [3.8, 4) is 5.75 Å². The fraction of sp³-hybridized carbons (Fsp3) is 0.207. The molecule has 182 valence electrons. The predicted molar refractivity (Wildman–Crippen MR) is 140 cm³/mol. The quantitative estimate of drug-likeness (QED) is 0.467. The second-order valence-electron chi connectivity index (χ2n) is 9.04. The number of Topliss-reactive ketones (excluding diaryl/α,β-unsaturated/α-hetero) is 1. The SMILES string of the molecule is COc1ccc(C2CC(=O)C3=C(C2)NC(C)=C(C(=O)Nc2cccnc2)C3c2ccc(Cl)cc2)cc1. The van der Waals surface area contributed by atoms with Crippen molar-refractivity contribution < 1.29 is 14.3 Å². The van der Waals surface area contributed by atoms with Gasteiger partial charge in [-0.1, -0.05) is 35.9 Å². The largest absolute Gasteiger partial charge is 0.497 e. The van der Waals surface area contributed by atoms with Crippen molar-refractivity contribution in [1.82, 2.24) is 10.3 Å². The molecule has 2 heterocycles. The highest BCUT2D eigenvalue weighted by Gasteiger charge is 2.40. The number of amides is 1. The number of hydrogen-bond donors (Lipinski definition) is 2. The minimum Gasteiger partial charge on any atom is -0.497 e. The second-order valence-corrected chi connectivity index (χ2v) is 9.47. The molecule has 0 fully saturated rings. The van der Waals surface area contributed by atoms with E-state index in [2.05, 4.69) is 15.6 Å². The van der Waals surface area contributed by atoms with Gasteiger partial charge in [0.1, 0.15) is 5.75 Å². The molecule has 0 radical (unpaired) electrons. The molecule has 2 N–H and O–H groups in total. The van der Waals surface area contributed by atoms with Gasteiger partial charge >= 0.3 is 0 Å². The van der Waals surface area contributed by atoms with Crippen molar-refractivity contribution in [3.05, 3.63) is 112 Å². The maximum atomic E-state index is 13.7. The van der Waals surface area contributed by atoms with Crippen LogP contribution < -0.4 is 15.4 Å². The number of pyridine rings is 1. The van der Waals surface area contributed by atoms with Gasteiger partial charge in [-0.3, -0.25) is 14.6 Å². The number of hydrogen-bond acceptors (Lipinski definition) is 5. The van der Waals surface area contributed by atoms with E-state index in [1.165, 1.54) is 0 Å². The predicted octanol–water partition coefficient (Wildman–Crippen LogP) is 5.74. The summed E-state index contributed by atoms with van der Waals surface area (Å²) in [6.45, 7) is 1.88. The number of dihydropyridines is 1. The van der Waals surface area contributed by atoms with Crippen LogP contribution in [0.25, 0.3) is 0 Å². The summed E-state index contributed by atoms with van der Waals surface area (Å²) in [4.78, 5) is 31.3. The average Bonchev–Trinajstić information content (AvgIpc) is 2.89. The minimum atomic E-state index is -0.500. The molecule has 1 aliphatic carbocycles. The molecule has 7 heteroatoms. The first-order valence-electron chi connectivity index (χ1n) is 11.8. The topological polar surface area (TPSA) is 80.3 Å². The van der Waals surface area contributed by atoms with Gasteiger partial charge in [-0.05, 0) is 66.8 Å². The van der Waals surface area contributed by atoms with Crippen molar-refractivity contribution in [2.24, 2.45) is 0 Å². The molecule has 3 aromatic rings. The van der Waals surface area contributed by atoms with Crippen LogP contribution in [0.5, 0.6) is 5.75 Å². The van der Waals surface area contributed by atoms with Crippen LogP contribution in [-0.4, -0.2) is 23.8 Å². The van der Waals surface area contributed by atoms with E-state index < -0.39 is 5.92 Å². The van der Waals surface area contributed by atoms with Gasteiger partial charge in [0.05, 0.1) is 19.0 Å². The summed E-state index contributed by atoms with van der Waals surface area (Å²) in [5.74, 6) is 0.0781. The Morgan fingerprint density at radius 3 is 2.44 bits per heavy atom. The van der Waals surface area contributed by atoms with Crippen molar-refractivity contribution in [2.45, 2.75) is 31.6 Å². The zero-order chi connectivity index (χ0) is 25.2. The highest BCUT2D eigenvalue weighted by Crippen LogP contribution is 2.46. The van der Waals surface area contributed by atoms with Gasteiger partial charge < -0.3 is 15.4 Å². The third kappa shape index (κ3) is 4.64. The van der Waals surface area contributed by atoms with Gasteiger partial charge in [-0.25, -0.2) is 0 Å². The summed E-state index contributed by atoms with van der Waals surface area (Å²) in [5, 5.41) is 6.94. The van der Waals surface area contributed by atoms with E-state index in [4.69, 9.17) is 16.3 Å². The first kappa shape index (κ1) is 23.8. The van der Waals surface area contributed by atoms with E-state index in [9.17, 15) is 9.59 Å². The number of aromatic nitrogens is 1. The standard InChI is InChI=1S/C29H26ClN3O3/c1-17-26(29(35)33-22-4-3-13-31-16-22)27(19-5-9-21(30)10-6-19)28-24(32-17)14-20(15-25(28)34)18-7-11-23(36-2)12-8-18/h3-13,16,20,27,32H,14-15H2,1-2H3,(H,33,35). The van der Waals surface area contributed by atoms with Crippen LogP contribution in [0.1, 0.15) is 42.7 Å². The van der Waals surface area contributed by atoms with Crippen LogP contribution in [-0.2, 0) is 9.59 Å². The molecule has 1 amide bonds. The monoisotopic (exact) mass is 499 g/mol. The number of nitrogens with zero attached hydrogens (tertiary/aromatic N) is 1. The highest BCUT2D eigenvalue weighted by atomic mass is 35.5. The molecule has 0 bridgehead atoms. The first-order valence-corrected chi connectivity index (χ1v) is 12.2. The smallest absolute Gasteiger partial charge is 0.254 e. The maximum Gasteiger partial charge on any atom is 0.254 e. The second kappa shape index (κ2) is 9.99. The fourth-order valence-corrected chi connectivity index (χ4v) is 5.20. The zero-order valence-electron chi connectivity index (χ0n) is 20.0. The number of anilines is 1. The molecule has 2 aliphatic rings. The number of ketones is 1. The van der Waals surface area contributed by atoms with Gasteiger partial charge in [-0.2, -0.15) is 0 Å². The highest BCUT2D eigenvalue weighted by molar-refractivity contribution is 6.30. The molecule has 2 atom stereocenters. The summed E-state index contributed by atoms with van der Waals surface area (Å²) in [5.41, 5.74) is 5.26. The Hall–Kier alpha value is -3.90. The lowest BCUT2D eigenvalue weighted by Crippen LogP contribution is -2.37. The molecule has 2 aromatic carbocycles. The van der Waals surface area contributed by atoms with Crippen LogP contribution in [0.3, 0.4) is 0 Å². The summed E-state index contributed by atoms with van der Waals surface area (Å²) < 4.78 is 5.28. The summed E-state index contributed by atoms with van der Waals surface area (Å²) in [6, 6.07) is 18.8. The maximum absolute atomic E-state index is 13.7. The lowest BCUT2D eigenvalue weighted by molar-refractivity contribution is -0.116. The Morgan fingerprint density at radius 2 is 1.78 bits per heavy atom. The normalized spacial score (nSPS) is 19.5. The average molecular weight is 500 g/mol. The zero-order valence-corrected chi connectivity index (χ0v) is 20.8. The molecule has 0 saturated carbocycles. The van der Waals surface area contributed by atoms with E-state index in [0.717, 1.165) is 28.3 Å². The van der Waals surface area contributed by atoms with Crippen molar-refractivity contribution in [2.75, 3.05) is 12.4 Å². The van der Waals surface area contributed by atoms with Crippen LogP contribution in [0, 0.1) is 0 Å². The summed E-state index contributed by atoms with van der Waals surface area (Å²) >= 11 is 6.16. The lowest BCUT2D eigenvalue weighted by Gasteiger charge is -2.37. The molecular weight excluding hydrogens is 474 g/mol. The van der Waals surface area contributed by atoms with Gasteiger partial charge in [0.25, 0.3) is 5.91 Å². The fourth-order valence-electron chi connectivity index (χ4n) is 5.08. The number of halogens is 1. The molecule has 5 rings (SSSR count). The molecular formula is C29H26ClN3O3. The molecule has 1 aliphatic heterocycles. The number of nitrogens with one attached hydrogen (secondary N) is 2. The van der Waals surface area contributed by atoms with E-state index in [1.54, 1.807) is 43.8 Å². The molecule has 1 aromatic heterocycles. The van der Waals surface area contributed by atoms with Crippen LogP contribution in [0.2, 0.25) is 5.02 Å². The minimum absolute atomic E-state index is 0.0312. The van der Waals surface area contributed by atoms with Crippen molar-refractivity contribution >= 4 is 29.0 Å². The van der Waals surface area contributed by atoms with Crippen LogP contribution in [0.15, 0.2) is 95.6 Å². The van der Waals surface area contributed by atoms with Crippen molar-refractivity contribution in [3.63, 3.8) is 0 Å². The molecule has 6 nitrogen and oxygen atoms in total. The molecule has 0 spiro atoms. The Bertz CT molecular complexity index is 1360. The van der Waals surface area contributed by atoms with Gasteiger partial charge in [-0.15, -0.1) is 0 Å². The van der Waals surface area contributed by atoms with E-state index in [1.807, 2.05) is 43.3 Å². The van der Waals surface area contributed by atoms with E-state index in [-0.39, 0.29) is 17.6 Å². The van der Waals surface area contributed by atoms with E-state index in [0.29, 0.717) is 34.7 Å². The Labute approximate surface area is 215 Å². The van der Waals surface area contributed by atoms with Gasteiger partial charge in [0.2, 0.25) is 0 Å². The third-order valence-corrected chi connectivity index (χ3v) is 7.03. The molecule has 36 heavy (non-hydrogen) atoms. The number of ether oxygens (including phenoxy) is 1. The Morgan fingerprint density at radius 1 is 1.06 bits per heavy atom. The lowest BCUT2D eigenvalue weighted by atomic mass is 9.71. The molecule has 2 unspecified atom stereocenters. The Balaban J connectivity index is 1.54. The molecule has 0 saturated heterocycles. The summed E-state index contributed by atoms with van der Waals surface area (Å²) in [7, 11) is 1.64. The Kier molecular flexibility index (Phi) is 6.61. The summed E-state index contributed by atoms with van der Waals surface area (Å²) in [6.07, 6.45) is 4.28. The van der Waals surface area contributed by atoms with E-state index >= 15 is 0 Å². The first-order chi connectivity index (χ1) is 17.4. The number of allylic oxidation sites excluding steroid dienone is 3. The number of carbonyl (C=O) groups excluding carboxylic acids is 2. The third-order valence-electron chi connectivity index (χ3n) is 6.78. The number of carbonyl (C=O) groups is 2. The van der Waals surface area contributed by atoms with Crippen LogP contribution >= 0.6 is 11.6 Å². The van der Waals surface area contributed by atoms with Crippen molar-refractivity contribution in [1.29, 1.82) is 0 Å². The van der Waals surface area contributed by atoms with Gasteiger partial charge in [0.15, 0.2) is 5.78 Å². The van der Waals surface area contributed by atoms with Gasteiger partial charge in [0, 0.05) is 46.1 Å². The number of benzene rings is 2. The number of methoxy groups -OCH3 is 1. The number of rotatable bonds is 5. The van der Waals surface area contributed by atoms with Crippen LogP contribution in [0.4, 0.5) is 5.69 Å².